The van der Waals surface area contributed by atoms with Gasteiger partial charge in [0, 0.05) is 26.1 Å². The zero-order valence-corrected chi connectivity index (χ0v) is 7.84. The molecule has 0 aromatic rings. The first kappa shape index (κ1) is 9.83. The van der Waals surface area contributed by atoms with Crippen LogP contribution in [0.1, 0.15) is 12.8 Å². The Balaban J connectivity index is 2.39. The lowest BCUT2D eigenvalue weighted by atomic mass is 9.96. The van der Waals surface area contributed by atoms with Crippen LogP contribution in [0.4, 0.5) is 4.79 Å². The highest BCUT2D eigenvalue weighted by molar-refractivity contribution is 5.80. The van der Waals surface area contributed by atoms with Crippen LogP contribution in [-0.2, 0) is 0 Å². The highest BCUT2D eigenvalue weighted by atomic mass is 16.2. The van der Waals surface area contributed by atoms with Crippen molar-refractivity contribution in [3.05, 3.63) is 0 Å². The summed E-state index contributed by atoms with van der Waals surface area (Å²) in [6.07, 6.45) is 1.62. The van der Waals surface area contributed by atoms with Crippen molar-refractivity contribution in [2.45, 2.75) is 12.8 Å². The van der Waals surface area contributed by atoms with E-state index in [1.165, 1.54) is 0 Å². The molecule has 0 spiro atoms. The van der Waals surface area contributed by atoms with Gasteiger partial charge in [0.2, 0.25) is 0 Å². The normalized spacial score (nSPS) is 18.4. The summed E-state index contributed by atoms with van der Waals surface area (Å²) in [5, 5.41) is 9.85. The van der Waals surface area contributed by atoms with Crippen molar-refractivity contribution >= 4 is 11.9 Å². The van der Waals surface area contributed by atoms with Crippen LogP contribution in [0.2, 0.25) is 0 Å². The van der Waals surface area contributed by atoms with Crippen LogP contribution in [0.15, 0.2) is 0 Å². The van der Waals surface area contributed by atoms with Gasteiger partial charge >= 0.3 is 6.03 Å². The van der Waals surface area contributed by atoms with Crippen LogP contribution in [0.25, 0.3) is 0 Å². The van der Waals surface area contributed by atoms with E-state index in [0.29, 0.717) is 13.1 Å². The first-order chi connectivity index (χ1) is 6.15. The number of nitrogens with two attached hydrogens (primary N) is 1. The number of rotatable bonds is 1. The van der Waals surface area contributed by atoms with Gasteiger partial charge in [0.25, 0.3) is 0 Å². The van der Waals surface area contributed by atoms with Crippen LogP contribution in [0.3, 0.4) is 0 Å². The maximum Gasteiger partial charge on any atom is 0.317 e. The van der Waals surface area contributed by atoms with Crippen LogP contribution < -0.4 is 11.1 Å². The minimum atomic E-state index is -0.0398. The number of piperidine rings is 1. The summed E-state index contributed by atoms with van der Waals surface area (Å²) >= 11 is 0. The average molecular weight is 184 g/mol. The summed E-state index contributed by atoms with van der Waals surface area (Å²) in [5.74, 6) is 0.414. The molecule has 4 N–H and O–H groups in total. The van der Waals surface area contributed by atoms with Gasteiger partial charge in [0.05, 0.1) is 5.84 Å². The molecule has 1 aliphatic rings. The molecule has 13 heavy (non-hydrogen) atoms. The van der Waals surface area contributed by atoms with Gasteiger partial charge in [-0.3, -0.25) is 5.41 Å². The number of likely N-dealkylation sites (tertiary alicyclic amines) is 1. The maximum atomic E-state index is 11.2. The molecule has 74 valence electrons. The van der Waals surface area contributed by atoms with Crippen LogP contribution >= 0.6 is 0 Å². The Morgan fingerprint density at radius 3 is 2.46 bits per heavy atom. The highest BCUT2D eigenvalue weighted by Gasteiger charge is 2.23. The molecule has 1 rings (SSSR count). The molecule has 1 fully saturated rings. The number of nitrogens with one attached hydrogen (secondary N) is 2. The van der Waals surface area contributed by atoms with Crippen LogP contribution in [0, 0.1) is 11.3 Å². The third kappa shape index (κ3) is 2.34. The summed E-state index contributed by atoms with van der Waals surface area (Å²) in [5.41, 5.74) is 5.39. The minimum absolute atomic E-state index is 0.0398. The Morgan fingerprint density at radius 2 is 2.08 bits per heavy atom. The van der Waals surface area contributed by atoms with Gasteiger partial charge in [-0.05, 0) is 12.8 Å². The number of urea groups is 1. The third-order valence-corrected chi connectivity index (χ3v) is 2.44. The summed E-state index contributed by atoms with van der Waals surface area (Å²) in [7, 11) is 1.62. The van der Waals surface area contributed by atoms with E-state index >= 15 is 0 Å². The van der Waals surface area contributed by atoms with Gasteiger partial charge in [0.1, 0.15) is 0 Å². The number of amidine groups is 1. The molecule has 0 saturated carbocycles. The zero-order chi connectivity index (χ0) is 9.84. The van der Waals surface area contributed by atoms with Crippen molar-refractivity contribution in [1.82, 2.24) is 10.2 Å². The summed E-state index contributed by atoms with van der Waals surface area (Å²) < 4.78 is 0. The molecule has 1 heterocycles. The predicted octanol–water partition coefficient (Wildman–Crippen LogP) is -0.0262. The minimum Gasteiger partial charge on any atom is -0.387 e. The Hall–Kier alpha value is -1.26. The van der Waals surface area contributed by atoms with Crippen molar-refractivity contribution in [3.63, 3.8) is 0 Å². The molecule has 0 aromatic carbocycles. The van der Waals surface area contributed by atoms with Crippen molar-refractivity contribution in [2.24, 2.45) is 11.7 Å². The number of amides is 2. The van der Waals surface area contributed by atoms with Crippen molar-refractivity contribution in [1.29, 1.82) is 5.41 Å². The largest absolute Gasteiger partial charge is 0.387 e. The molecular formula is C8H16N4O. The first-order valence-corrected chi connectivity index (χ1v) is 4.45. The van der Waals surface area contributed by atoms with Crippen molar-refractivity contribution < 1.29 is 4.79 Å². The SMILES string of the molecule is CNC(=O)N1CCC(C(=N)N)CC1. The van der Waals surface area contributed by atoms with Gasteiger partial charge in [-0.25, -0.2) is 4.79 Å². The van der Waals surface area contributed by atoms with Crippen molar-refractivity contribution in [2.75, 3.05) is 20.1 Å². The number of carbonyl (C=O) groups is 1. The number of carbonyl (C=O) groups excluding carboxylic acids is 1. The van der Waals surface area contributed by atoms with E-state index in [4.69, 9.17) is 11.1 Å². The van der Waals surface area contributed by atoms with Gasteiger partial charge in [-0.1, -0.05) is 0 Å². The molecule has 0 bridgehead atoms. The molecule has 0 unspecified atom stereocenters. The lowest BCUT2D eigenvalue weighted by molar-refractivity contribution is 0.182. The van der Waals surface area contributed by atoms with E-state index in [1.807, 2.05) is 0 Å². The summed E-state index contributed by atoms with van der Waals surface area (Å²) in [6, 6.07) is -0.0398. The monoisotopic (exact) mass is 184 g/mol. The fourth-order valence-corrected chi connectivity index (χ4v) is 1.55. The first-order valence-electron chi connectivity index (χ1n) is 4.45. The molecule has 0 aliphatic carbocycles. The van der Waals surface area contributed by atoms with Gasteiger partial charge in [-0.15, -0.1) is 0 Å². The van der Waals surface area contributed by atoms with E-state index in [1.54, 1.807) is 11.9 Å². The van der Waals surface area contributed by atoms with E-state index in [-0.39, 0.29) is 17.8 Å². The van der Waals surface area contributed by atoms with E-state index < -0.39 is 0 Å². The van der Waals surface area contributed by atoms with E-state index in [9.17, 15) is 4.79 Å². The highest BCUT2D eigenvalue weighted by Crippen LogP contribution is 2.16. The van der Waals surface area contributed by atoms with E-state index in [2.05, 4.69) is 5.32 Å². The molecule has 1 aliphatic heterocycles. The maximum absolute atomic E-state index is 11.2. The zero-order valence-electron chi connectivity index (χ0n) is 7.84. The third-order valence-electron chi connectivity index (χ3n) is 2.44. The second kappa shape index (κ2) is 4.11. The molecule has 0 radical (unpaired) electrons. The Kier molecular flexibility index (Phi) is 3.11. The van der Waals surface area contributed by atoms with Crippen LogP contribution in [-0.4, -0.2) is 36.9 Å². The standard InChI is InChI=1S/C8H16N4O/c1-11-8(13)12-4-2-6(3-5-12)7(9)10/h6H,2-5H2,1H3,(H3,9,10)(H,11,13). The summed E-state index contributed by atoms with van der Waals surface area (Å²) in [4.78, 5) is 12.9. The molecule has 5 heteroatoms. The van der Waals surface area contributed by atoms with Gasteiger partial charge < -0.3 is 16.0 Å². The number of nitrogens with zero attached hydrogens (tertiary/aromatic N) is 1. The van der Waals surface area contributed by atoms with Gasteiger partial charge in [0.15, 0.2) is 0 Å². The van der Waals surface area contributed by atoms with Crippen molar-refractivity contribution in [3.8, 4) is 0 Å². The molecule has 0 aromatic heterocycles. The molecule has 2 amide bonds. The van der Waals surface area contributed by atoms with Crippen LogP contribution in [0.5, 0.6) is 0 Å². The Labute approximate surface area is 77.8 Å². The Morgan fingerprint density at radius 1 is 1.54 bits per heavy atom. The predicted molar refractivity (Wildman–Crippen MR) is 50.7 cm³/mol. The fraction of sp³-hybridized carbons (Fsp3) is 0.750. The smallest absolute Gasteiger partial charge is 0.317 e. The molecular weight excluding hydrogens is 168 g/mol. The molecule has 5 nitrogen and oxygen atoms in total. The topological polar surface area (TPSA) is 82.2 Å². The second-order valence-corrected chi connectivity index (χ2v) is 3.27. The quantitative estimate of drug-likeness (QED) is 0.395. The Bertz CT molecular complexity index is 208. The fourth-order valence-electron chi connectivity index (χ4n) is 1.55. The van der Waals surface area contributed by atoms with Gasteiger partial charge in [-0.2, -0.15) is 0 Å². The average Bonchev–Trinajstić information content (AvgIpc) is 2.17. The number of hydrogen-bond acceptors (Lipinski definition) is 2. The van der Waals surface area contributed by atoms with E-state index in [0.717, 1.165) is 12.8 Å². The molecule has 1 saturated heterocycles. The lowest BCUT2D eigenvalue weighted by Gasteiger charge is -2.30. The lowest BCUT2D eigenvalue weighted by Crippen LogP contribution is -2.45. The molecule has 0 atom stereocenters. The number of hydrogen-bond donors (Lipinski definition) is 3. The second-order valence-electron chi connectivity index (χ2n) is 3.27. The summed E-state index contributed by atoms with van der Waals surface area (Å²) in [6.45, 7) is 1.40.